The van der Waals surface area contributed by atoms with E-state index < -0.39 is 6.09 Å². The minimum atomic E-state index is -0.620. The maximum absolute atomic E-state index is 11.1. The third-order valence-electron chi connectivity index (χ3n) is 2.70. The third kappa shape index (κ3) is 4.62. The number of amidine groups is 1. The third-order valence-corrected chi connectivity index (χ3v) is 2.89. The van der Waals surface area contributed by atoms with E-state index in [1.807, 2.05) is 44.2 Å². The van der Waals surface area contributed by atoms with Crippen molar-refractivity contribution in [2.75, 3.05) is 20.2 Å². The standard InChI is InChI=1S/C14H19N3O2S/c1-4-17(5-2)12(11-9-7-6-8-10-11)15-13(20)16-14(18)19-3/h6-10H,4-5H2,1-3H3,(H,16,18,20). The van der Waals surface area contributed by atoms with E-state index in [2.05, 4.69) is 19.9 Å². The summed E-state index contributed by atoms with van der Waals surface area (Å²) in [4.78, 5) is 17.6. The van der Waals surface area contributed by atoms with Crippen molar-refractivity contribution >= 4 is 29.3 Å². The number of nitrogens with zero attached hydrogens (tertiary/aromatic N) is 2. The monoisotopic (exact) mass is 293 g/mol. The number of amides is 1. The predicted octanol–water partition coefficient (Wildman–Crippen LogP) is 2.42. The van der Waals surface area contributed by atoms with Crippen LogP contribution in [0.4, 0.5) is 4.79 Å². The average molecular weight is 293 g/mol. The number of nitrogens with one attached hydrogen (secondary N) is 1. The molecule has 0 radical (unpaired) electrons. The van der Waals surface area contributed by atoms with Gasteiger partial charge in [0.1, 0.15) is 5.84 Å². The number of carbonyl (C=O) groups excluding carboxylic acids is 1. The largest absolute Gasteiger partial charge is 0.453 e. The number of benzene rings is 1. The van der Waals surface area contributed by atoms with E-state index in [1.54, 1.807) is 0 Å². The van der Waals surface area contributed by atoms with Crippen LogP contribution in [0, 0.1) is 0 Å². The van der Waals surface area contributed by atoms with E-state index in [9.17, 15) is 4.79 Å². The van der Waals surface area contributed by atoms with Crippen LogP contribution in [0.3, 0.4) is 0 Å². The Kier molecular flexibility index (Phi) is 6.66. The molecule has 0 aliphatic heterocycles. The SMILES string of the molecule is CCN(CC)C(=NC(=S)NC(=O)OC)c1ccccc1. The zero-order valence-corrected chi connectivity index (χ0v) is 12.7. The Balaban J connectivity index is 3.05. The molecule has 0 aliphatic rings. The highest BCUT2D eigenvalue weighted by atomic mass is 32.1. The highest BCUT2D eigenvalue weighted by Crippen LogP contribution is 2.06. The summed E-state index contributed by atoms with van der Waals surface area (Å²) in [6.45, 7) is 5.67. The Bertz CT molecular complexity index is 484. The van der Waals surface area contributed by atoms with Gasteiger partial charge >= 0.3 is 6.09 Å². The molecule has 0 atom stereocenters. The minimum Gasteiger partial charge on any atom is -0.453 e. The van der Waals surface area contributed by atoms with E-state index in [-0.39, 0.29) is 5.11 Å². The Morgan fingerprint density at radius 3 is 2.40 bits per heavy atom. The van der Waals surface area contributed by atoms with Crippen LogP contribution in [0.25, 0.3) is 0 Å². The van der Waals surface area contributed by atoms with Gasteiger partial charge < -0.3 is 9.64 Å². The van der Waals surface area contributed by atoms with Gasteiger partial charge in [-0.2, -0.15) is 0 Å². The zero-order chi connectivity index (χ0) is 15.0. The molecule has 0 saturated heterocycles. The second-order valence-electron chi connectivity index (χ2n) is 3.90. The van der Waals surface area contributed by atoms with E-state index >= 15 is 0 Å². The predicted molar refractivity (Wildman–Crippen MR) is 84.0 cm³/mol. The van der Waals surface area contributed by atoms with Gasteiger partial charge in [0.2, 0.25) is 5.11 Å². The summed E-state index contributed by atoms with van der Waals surface area (Å²) in [5, 5.41) is 2.47. The van der Waals surface area contributed by atoms with Crippen LogP contribution in [-0.2, 0) is 4.74 Å². The van der Waals surface area contributed by atoms with Crippen molar-refractivity contribution in [3.05, 3.63) is 35.9 Å². The highest BCUT2D eigenvalue weighted by Gasteiger charge is 2.12. The van der Waals surface area contributed by atoms with Crippen molar-refractivity contribution < 1.29 is 9.53 Å². The van der Waals surface area contributed by atoms with Crippen LogP contribution < -0.4 is 5.32 Å². The molecule has 1 N–H and O–H groups in total. The van der Waals surface area contributed by atoms with E-state index in [4.69, 9.17) is 12.2 Å². The fraction of sp³-hybridized carbons (Fsp3) is 0.357. The molecule has 0 heterocycles. The Hall–Kier alpha value is -1.95. The van der Waals surface area contributed by atoms with Gasteiger partial charge in [-0.3, -0.25) is 5.32 Å². The Morgan fingerprint density at radius 2 is 1.90 bits per heavy atom. The summed E-state index contributed by atoms with van der Waals surface area (Å²) in [7, 11) is 1.28. The number of hydrogen-bond donors (Lipinski definition) is 1. The quantitative estimate of drug-likeness (QED) is 0.528. The second kappa shape index (κ2) is 8.27. The highest BCUT2D eigenvalue weighted by molar-refractivity contribution is 7.80. The summed E-state index contributed by atoms with van der Waals surface area (Å²) in [5.74, 6) is 0.733. The van der Waals surface area contributed by atoms with Gasteiger partial charge in [-0.15, -0.1) is 0 Å². The fourth-order valence-corrected chi connectivity index (χ4v) is 1.86. The fourth-order valence-electron chi connectivity index (χ4n) is 1.69. The molecule has 6 heteroatoms. The number of carbonyl (C=O) groups is 1. The van der Waals surface area contributed by atoms with Crippen molar-refractivity contribution in [1.29, 1.82) is 0 Å². The number of alkyl carbamates (subject to hydrolysis) is 1. The molecule has 5 nitrogen and oxygen atoms in total. The van der Waals surface area contributed by atoms with Gasteiger partial charge in [0, 0.05) is 18.7 Å². The van der Waals surface area contributed by atoms with Gasteiger partial charge in [0.05, 0.1) is 7.11 Å². The van der Waals surface area contributed by atoms with Gasteiger partial charge in [-0.25, -0.2) is 9.79 Å². The molecule has 0 bridgehead atoms. The van der Waals surface area contributed by atoms with Crippen molar-refractivity contribution in [2.24, 2.45) is 4.99 Å². The number of methoxy groups -OCH3 is 1. The molecule has 20 heavy (non-hydrogen) atoms. The number of rotatable bonds is 3. The zero-order valence-electron chi connectivity index (χ0n) is 11.9. The molecule has 0 spiro atoms. The molecule has 0 saturated carbocycles. The Morgan fingerprint density at radius 1 is 1.30 bits per heavy atom. The maximum atomic E-state index is 11.1. The van der Waals surface area contributed by atoms with E-state index in [0.29, 0.717) is 0 Å². The normalized spacial score (nSPS) is 10.8. The Labute approximate surface area is 124 Å². The number of aliphatic imine (C=N–C) groups is 1. The molecule has 1 aromatic rings. The summed E-state index contributed by atoms with van der Waals surface area (Å²) < 4.78 is 4.50. The summed E-state index contributed by atoms with van der Waals surface area (Å²) in [6, 6.07) is 9.72. The maximum Gasteiger partial charge on any atom is 0.413 e. The van der Waals surface area contributed by atoms with Crippen molar-refractivity contribution in [1.82, 2.24) is 10.2 Å². The molecule has 0 unspecified atom stereocenters. The smallest absolute Gasteiger partial charge is 0.413 e. The first kappa shape index (κ1) is 16.1. The molecule has 108 valence electrons. The molecular formula is C14H19N3O2S. The average Bonchev–Trinajstić information content (AvgIpc) is 2.48. The van der Waals surface area contributed by atoms with E-state index in [0.717, 1.165) is 24.5 Å². The van der Waals surface area contributed by atoms with Gasteiger partial charge in [-0.1, -0.05) is 30.3 Å². The molecule has 1 rings (SSSR count). The molecule has 1 aromatic carbocycles. The molecule has 0 fully saturated rings. The first-order valence-corrected chi connectivity index (χ1v) is 6.81. The first-order chi connectivity index (χ1) is 9.62. The molecule has 0 aliphatic carbocycles. The van der Waals surface area contributed by atoms with Gasteiger partial charge in [0.15, 0.2) is 0 Å². The molecule has 1 amide bonds. The van der Waals surface area contributed by atoms with Crippen LogP contribution in [0.5, 0.6) is 0 Å². The first-order valence-electron chi connectivity index (χ1n) is 6.40. The summed E-state index contributed by atoms with van der Waals surface area (Å²) in [5.41, 5.74) is 0.949. The lowest BCUT2D eigenvalue weighted by Gasteiger charge is -2.23. The van der Waals surface area contributed by atoms with Crippen LogP contribution in [0.15, 0.2) is 35.3 Å². The van der Waals surface area contributed by atoms with Crippen LogP contribution in [0.1, 0.15) is 19.4 Å². The van der Waals surface area contributed by atoms with E-state index in [1.165, 1.54) is 7.11 Å². The van der Waals surface area contributed by atoms with Crippen LogP contribution in [-0.4, -0.2) is 42.1 Å². The molecule has 0 aromatic heterocycles. The second-order valence-corrected chi connectivity index (χ2v) is 4.28. The van der Waals surface area contributed by atoms with Crippen LogP contribution in [0.2, 0.25) is 0 Å². The molecular weight excluding hydrogens is 274 g/mol. The number of hydrogen-bond acceptors (Lipinski definition) is 3. The summed E-state index contributed by atoms with van der Waals surface area (Å²) in [6.07, 6.45) is -0.620. The lowest BCUT2D eigenvalue weighted by atomic mass is 10.2. The van der Waals surface area contributed by atoms with Crippen molar-refractivity contribution in [3.8, 4) is 0 Å². The minimum absolute atomic E-state index is 0.0857. The van der Waals surface area contributed by atoms with Gasteiger partial charge in [0.25, 0.3) is 0 Å². The number of ether oxygens (including phenoxy) is 1. The van der Waals surface area contributed by atoms with Gasteiger partial charge in [-0.05, 0) is 26.1 Å². The van der Waals surface area contributed by atoms with Crippen molar-refractivity contribution in [3.63, 3.8) is 0 Å². The lowest BCUT2D eigenvalue weighted by molar-refractivity contribution is 0.177. The van der Waals surface area contributed by atoms with Crippen LogP contribution >= 0.6 is 12.2 Å². The topological polar surface area (TPSA) is 53.9 Å². The number of thiocarbonyl (C=S) groups is 1. The lowest BCUT2D eigenvalue weighted by Crippen LogP contribution is -2.35. The summed E-state index contributed by atoms with van der Waals surface area (Å²) >= 11 is 5.06. The van der Waals surface area contributed by atoms with Crippen molar-refractivity contribution in [2.45, 2.75) is 13.8 Å².